The summed E-state index contributed by atoms with van der Waals surface area (Å²) in [6, 6.07) is 19.8. The molecule has 2 unspecified atom stereocenters. The Balaban J connectivity index is 0.00000103. The highest BCUT2D eigenvalue weighted by Gasteiger charge is 2.33. The molecule has 0 bridgehead atoms. The van der Waals surface area contributed by atoms with Crippen molar-refractivity contribution >= 4 is 17.8 Å². The van der Waals surface area contributed by atoms with Gasteiger partial charge in [0.2, 0.25) is 11.8 Å². The number of rotatable bonds is 9. The van der Waals surface area contributed by atoms with E-state index in [1.807, 2.05) is 88.4 Å². The van der Waals surface area contributed by atoms with Gasteiger partial charge in [-0.25, -0.2) is 0 Å². The highest BCUT2D eigenvalue weighted by atomic mass is 16.6. The molecule has 1 saturated heterocycles. The van der Waals surface area contributed by atoms with E-state index in [1.54, 1.807) is 0 Å². The molecule has 1 aliphatic heterocycles. The lowest BCUT2D eigenvalue weighted by Gasteiger charge is -2.18. The third-order valence-electron chi connectivity index (χ3n) is 5.16. The first-order valence-corrected chi connectivity index (χ1v) is 13.4. The summed E-state index contributed by atoms with van der Waals surface area (Å²) in [4.78, 5) is 34.8. The normalized spacial score (nSPS) is 14.9. The summed E-state index contributed by atoms with van der Waals surface area (Å²) in [5, 5.41) is 5.73. The van der Waals surface area contributed by atoms with Gasteiger partial charge in [0.25, 0.3) is 0 Å². The van der Waals surface area contributed by atoms with E-state index in [1.165, 1.54) is 13.3 Å². The van der Waals surface area contributed by atoms with Crippen LogP contribution in [-0.4, -0.2) is 48.7 Å². The van der Waals surface area contributed by atoms with Crippen LogP contribution in [-0.2, 0) is 36.7 Å². The molecule has 0 spiro atoms. The quantitative estimate of drug-likeness (QED) is 0.322. The van der Waals surface area contributed by atoms with Crippen LogP contribution in [0.25, 0.3) is 0 Å². The Morgan fingerprint density at radius 2 is 1.41 bits per heavy atom. The van der Waals surface area contributed by atoms with Crippen molar-refractivity contribution in [2.24, 2.45) is 5.92 Å². The third-order valence-corrected chi connectivity index (χ3v) is 5.16. The van der Waals surface area contributed by atoms with Gasteiger partial charge in [-0.05, 0) is 44.7 Å². The van der Waals surface area contributed by atoms with Crippen LogP contribution < -0.4 is 10.6 Å². The first-order chi connectivity index (χ1) is 17.9. The monoisotopic (exact) mass is 542 g/mol. The standard InChI is InChI=1S/C22H26N2O3.C6H12O2.C3H8.CH4/c1-16(12-17-8-4-2-5-9-17)22(26)23-14-21(25)24-19(20-15-27-20)13-18-10-6-3-7-11-18;1-5(7)8-6(2,3)4;1-3-2;/h2-11,16,19-20H,12-15H2,1H3,(H,23,26)(H,24,25);1-4H3;3H2,1-2H3;1H4/t16-,19?,20?;;;/m0.../s1. The van der Waals surface area contributed by atoms with E-state index in [-0.39, 0.29) is 55.4 Å². The molecule has 0 radical (unpaired) electrons. The number of esters is 1. The molecule has 2 aromatic carbocycles. The first kappa shape index (κ1) is 35.8. The third kappa shape index (κ3) is 17.9. The van der Waals surface area contributed by atoms with E-state index in [9.17, 15) is 14.4 Å². The fourth-order valence-electron chi connectivity index (χ4n) is 3.52. The van der Waals surface area contributed by atoms with Crippen molar-refractivity contribution in [1.82, 2.24) is 10.6 Å². The SMILES string of the molecule is C.CC(=O)OC(C)(C)C.CCC.C[C@@H](Cc1ccccc1)C(=O)NCC(=O)NC(Cc1ccccc1)C1CO1. The fourth-order valence-corrected chi connectivity index (χ4v) is 3.52. The minimum Gasteiger partial charge on any atom is -0.460 e. The zero-order chi connectivity index (χ0) is 28.6. The summed E-state index contributed by atoms with van der Waals surface area (Å²) in [6.07, 6.45) is 2.68. The number of nitrogens with one attached hydrogen (secondary N) is 2. The van der Waals surface area contributed by atoms with Gasteiger partial charge in [-0.3, -0.25) is 14.4 Å². The van der Waals surface area contributed by atoms with Crippen molar-refractivity contribution in [3.63, 3.8) is 0 Å². The second-order valence-corrected chi connectivity index (χ2v) is 10.5. The summed E-state index contributed by atoms with van der Waals surface area (Å²) < 4.78 is 10.2. The molecule has 2 amide bonds. The van der Waals surface area contributed by atoms with Gasteiger partial charge in [0.1, 0.15) is 11.7 Å². The van der Waals surface area contributed by atoms with Crippen LogP contribution in [0.4, 0.5) is 0 Å². The number of hydrogen-bond donors (Lipinski definition) is 2. The van der Waals surface area contributed by atoms with Gasteiger partial charge in [-0.15, -0.1) is 0 Å². The van der Waals surface area contributed by atoms with E-state index in [2.05, 4.69) is 24.5 Å². The maximum atomic E-state index is 12.3. The van der Waals surface area contributed by atoms with Crippen LogP contribution in [0.5, 0.6) is 0 Å². The van der Waals surface area contributed by atoms with Gasteiger partial charge in [0.15, 0.2) is 0 Å². The first-order valence-electron chi connectivity index (χ1n) is 13.4. The van der Waals surface area contributed by atoms with Crippen LogP contribution in [0.2, 0.25) is 0 Å². The molecule has 0 aliphatic carbocycles. The minimum absolute atomic E-state index is 0. The van der Waals surface area contributed by atoms with Crippen molar-refractivity contribution < 1.29 is 23.9 Å². The van der Waals surface area contributed by atoms with E-state index >= 15 is 0 Å². The Morgan fingerprint density at radius 3 is 1.79 bits per heavy atom. The van der Waals surface area contributed by atoms with E-state index < -0.39 is 0 Å². The lowest BCUT2D eigenvalue weighted by atomic mass is 10.0. The Kier molecular flexibility index (Phi) is 17.4. The highest BCUT2D eigenvalue weighted by Crippen LogP contribution is 2.18. The molecule has 7 heteroatoms. The van der Waals surface area contributed by atoms with Crippen LogP contribution in [0.15, 0.2) is 60.7 Å². The van der Waals surface area contributed by atoms with Crippen molar-refractivity contribution in [3.8, 4) is 0 Å². The molecule has 218 valence electrons. The molecule has 0 aromatic heterocycles. The zero-order valence-corrected chi connectivity index (χ0v) is 24.1. The summed E-state index contributed by atoms with van der Waals surface area (Å²) in [5.41, 5.74) is 1.93. The Bertz CT molecular complexity index is 954. The van der Waals surface area contributed by atoms with Gasteiger partial charge in [0.05, 0.1) is 19.2 Å². The molecule has 1 heterocycles. The number of amides is 2. The summed E-state index contributed by atoms with van der Waals surface area (Å²) in [7, 11) is 0. The second kappa shape index (κ2) is 19.0. The molecular formula is C32H50N2O5. The maximum absolute atomic E-state index is 12.3. The molecule has 0 saturated carbocycles. The van der Waals surface area contributed by atoms with E-state index in [0.29, 0.717) is 13.0 Å². The number of hydrogen-bond acceptors (Lipinski definition) is 5. The van der Waals surface area contributed by atoms with Crippen LogP contribution >= 0.6 is 0 Å². The van der Waals surface area contributed by atoms with Crippen molar-refractivity contribution in [3.05, 3.63) is 71.8 Å². The molecule has 2 aromatic rings. The lowest BCUT2D eigenvalue weighted by molar-refractivity contribution is -0.151. The van der Waals surface area contributed by atoms with Crippen molar-refractivity contribution in [2.45, 2.75) is 92.9 Å². The van der Waals surface area contributed by atoms with E-state index in [4.69, 9.17) is 9.47 Å². The smallest absolute Gasteiger partial charge is 0.303 e. The Morgan fingerprint density at radius 1 is 0.949 bits per heavy atom. The molecular weight excluding hydrogens is 492 g/mol. The van der Waals surface area contributed by atoms with Crippen molar-refractivity contribution in [1.29, 1.82) is 0 Å². The molecule has 7 nitrogen and oxygen atoms in total. The predicted molar refractivity (Wildman–Crippen MR) is 158 cm³/mol. The van der Waals surface area contributed by atoms with Gasteiger partial charge in [-0.2, -0.15) is 0 Å². The minimum atomic E-state index is -0.328. The maximum Gasteiger partial charge on any atom is 0.303 e. The topological polar surface area (TPSA) is 97.0 Å². The number of carbonyl (C=O) groups excluding carboxylic acids is 3. The summed E-state index contributed by atoms with van der Waals surface area (Å²) in [6.45, 7) is 13.7. The van der Waals surface area contributed by atoms with Crippen LogP contribution in [0.1, 0.15) is 73.4 Å². The van der Waals surface area contributed by atoms with Crippen LogP contribution in [0.3, 0.4) is 0 Å². The summed E-state index contributed by atoms with van der Waals surface area (Å²) in [5.74, 6) is -0.715. The molecule has 1 fully saturated rings. The molecule has 2 N–H and O–H groups in total. The number of benzene rings is 2. The molecule has 3 atom stereocenters. The Hall–Kier alpha value is -3.19. The second-order valence-electron chi connectivity index (χ2n) is 10.5. The fraction of sp³-hybridized carbons (Fsp3) is 0.531. The van der Waals surface area contributed by atoms with Gasteiger partial charge < -0.3 is 20.1 Å². The molecule has 1 aliphatic rings. The van der Waals surface area contributed by atoms with Crippen molar-refractivity contribution in [2.75, 3.05) is 13.2 Å². The predicted octanol–water partition coefficient (Wildman–Crippen LogP) is 5.51. The molecule has 39 heavy (non-hydrogen) atoms. The Labute approximate surface area is 236 Å². The molecule has 3 rings (SSSR count). The largest absolute Gasteiger partial charge is 0.460 e. The number of carbonyl (C=O) groups is 3. The van der Waals surface area contributed by atoms with Gasteiger partial charge in [-0.1, -0.05) is 95.3 Å². The van der Waals surface area contributed by atoms with E-state index in [0.717, 1.165) is 17.5 Å². The lowest BCUT2D eigenvalue weighted by Crippen LogP contribution is -2.46. The summed E-state index contributed by atoms with van der Waals surface area (Å²) >= 11 is 0. The zero-order valence-electron chi connectivity index (χ0n) is 24.1. The van der Waals surface area contributed by atoms with Crippen LogP contribution in [0, 0.1) is 5.92 Å². The number of epoxide rings is 1. The highest BCUT2D eigenvalue weighted by molar-refractivity contribution is 5.86. The van der Waals surface area contributed by atoms with Gasteiger partial charge >= 0.3 is 5.97 Å². The average molecular weight is 543 g/mol. The average Bonchev–Trinajstić information content (AvgIpc) is 3.68. The number of ether oxygens (including phenoxy) is 2. The van der Waals surface area contributed by atoms with Gasteiger partial charge in [0, 0.05) is 12.8 Å².